The normalized spacial score (nSPS) is 33.6. The Morgan fingerprint density at radius 1 is 0.833 bits per heavy atom. The van der Waals surface area contributed by atoms with E-state index in [0.717, 1.165) is 86.6 Å². The Kier molecular flexibility index (Phi) is 15.3. The van der Waals surface area contributed by atoms with Crippen molar-refractivity contribution in [3.05, 3.63) is 59.5 Å². The average Bonchev–Trinajstić information content (AvgIpc) is 3.67. The Bertz CT molecular complexity index is 2150. The zero-order valence-corrected chi connectivity index (χ0v) is 42.4. The molecule has 5 unspecified atom stereocenters. The van der Waals surface area contributed by atoms with Crippen molar-refractivity contribution < 1.29 is 33.5 Å². The molecule has 9 heteroatoms. The minimum atomic E-state index is -0.294. The number of fused-ring (bicyclic) bond motifs is 8. The molecule has 0 saturated heterocycles. The Morgan fingerprint density at radius 3 is 2.24 bits per heavy atom. The molecule has 7 rings (SSSR count). The number of carbonyl (C=O) groups excluding carboxylic acids is 3. The van der Waals surface area contributed by atoms with Crippen molar-refractivity contribution in [1.29, 1.82) is 0 Å². The number of nitrogens with one attached hydrogen (secondary N) is 2. The summed E-state index contributed by atoms with van der Waals surface area (Å²) in [4.78, 5) is 37.0. The summed E-state index contributed by atoms with van der Waals surface area (Å²) in [7, 11) is 0. The molecule has 3 N–H and O–H groups in total. The smallest absolute Gasteiger partial charge is 0.407 e. The highest BCUT2D eigenvalue weighted by Gasteiger charge is 2.71. The third-order valence-corrected chi connectivity index (χ3v) is 19.9. The minimum absolute atomic E-state index is 0.0315. The van der Waals surface area contributed by atoms with Gasteiger partial charge in [0, 0.05) is 37.4 Å². The van der Waals surface area contributed by atoms with Gasteiger partial charge in [0.2, 0.25) is 5.52 Å². The van der Waals surface area contributed by atoms with Crippen LogP contribution in [0.1, 0.15) is 177 Å². The van der Waals surface area contributed by atoms with E-state index in [-0.39, 0.29) is 50.9 Å². The molecule has 0 aliphatic heterocycles. The second kappa shape index (κ2) is 20.1. The van der Waals surface area contributed by atoms with E-state index >= 15 is 0 Å². The van der Waals surface area contributed by atoms with Crippen LogP contribution < -0.4 is 15.2 Å². The number of aromatic nitrogens is 1. The Labute approximate surface area is 397 Å². The summed E-state index contributed by atoms with van der Waals surface area (Å²) >= 11 is 0. The number of nitrogens with zero attached hydrogens (tertiary/aromatic N) is 1. The summed E-state index contributed by atoms with van der Waals surface area (Å²) in [6.45, 7) is 27.3. The second-order valence-corrected chi connectivity index (χ2v) is 23.5. The van der Waals surface area contributed by atoms with Crippen molar-refractivity contribution in [2.75, 3.05) is 18.5 Å². The fourth-order valence-electron chi connectivity index (χ4n) is 15.9. The monoisotopic (exact) mass is 909 g/mol. The van der Waals surface area contributed by atoms with Gasteiger partial charge in [-0.25, -0.2) is 4.79 Å². The first-order valence-electron chi connectivity index (χ1n) is 26.1. The lowest BCUT2D eigenvalue weighted by Gasteiger charge is -2.73. The SMILES string of the molecule is C=C(C)C1CC[C@]2(COC(=O)NCCCCCCCCCC[n+]3c(C)cc(NC(=O)/C(C)=C(/C)OC=O)c4ccccc43)CC[C@]3(C)C(CCC4[C@@]5(C)CC[C@H](O)C(C)(C)C5CC[C@]43C)C12. The number of para-hydroxylation sites is 1. The van der Waals surface area contributed by atoms with Crippen molar-refractivity contribution in [2.24, 2.45) is 56.7 Å². The molecule has 5 aliphatic rings. The van der Waals surface area contributed by atoms with Gasteiger partial charge in [-0.2, -0.15) is 4.57 Å². The minimum Gasteiger partial charge on any atom is -0.449 e. The first-order chi connectivity index (χ1) is 31.3. The molecular weight excluding hydrogens is 823 g/mol. The Balaban J connectivity index is 0.832. The number of ether oxygens (including phenoxy) is 2. The fourth-order valence-corrected chi connectivity index (χ4v) is 15.9. The van der Waals surface area contributed by atoms with E-state index in [0.29, 0.717) is 54.8 Å². The number of hydrogen-bond acceptors (Lipinski definition) is 6. The standard InChI is InChI=1S/C57H85N3O6/c1-38(2)42-25-30-57(32-31-55(9)44(50(42)57)23-24-48-54(8)28-27-49(62)53(6,7)47(54)26-29-56(48,55)10)36-65-52(64)58-33-19-15-13-11-12-14-16-20-34-60-39(3)35-45(43-21-17-18-22-46(43)60)59-51(63)40(4)41(5)66-37-61/h17-18,21-22,35,37,42,44,47-50,62H,1,11-16,19-20,23-34,36H2,2-10H3,(H,58,64)/p+1/b41-40-/t42?,44?,47?,48?,49-,50?,54-,55+,56+,57+/m0/s1. The second-order valence-electron chi connectivity index (χ2n) is 23.5. The number of aliphatic hydroxyl groups is 1. The van der Waals surface area contributed by atoms with Crippen molar-refractivity contribution >= 4 is 35.1 Å². The third-order valence-electron chi connectivity index (χ3n) is 19.9. The van der Waals surface area contributed by atoms with Gasteiger partial charge in [0.1, 0.15) is 12.3 Å². The van der Waals surface area contributed by atoms with E-state index in [2.05, 4.69) is 76.3 Å². The molecule has 1 aromatic carbocycles. The quantitative estimate of drug-likeness (QED) is 0.0342. The van der Waals surface area contributed by atoms with Gasteiger partial charge in [-0.15, -0.1) is 0 Å². The molecule has 2 amide bonds. The largest absolute Gasteiger partial charge is 0.449 e. The molecular formula is C57H86N3O6+. The Hall–Kier alpha value is -3.72. The Morgan fingerprint density at radius 2 is 1.53 bits per heavy atom. The van der Waals surface area contributed by atoms with Crippen LogP contribution in [-0.2, 0) is 25.6 Å². The number of alkyl carbamates (subject to hydrolysis) is 1. The molecule has 364 valence electrons. The summed E-state index contributed by atoms with van der Waals surface area (Å²) in [5, 5.41) is 18.3. The molecule has 5 saturated carbocycles. The molecule has 66 heavy (non-hydrogen) atoms. The lowest BCUT2D eigenvalue weighted by Crippen LogP contribution is -2.66. The van der Waals surface area contributed by atoms with E-state index in [9.17, 15) is 19.5 Å². The van der Waals surface area contributed by atoms with E-state index in [1.807, 2.05) is 24.3 Å². The molecule has 5 aliphatic carbocycles. The number of hydrogen-bond donors (Lipinski definition) is 3. The number of anilines is 1. The summed E-state index contributed by atoms with van der Waals surface area (Å²) in [5.41, 5.74) is 5.37. The van der Waals surface area contributed by atoms with Gasteiger partial charge in [0.25, 0.3) is 12.4 Å². The molecule has 0 spiro atoms. The predicted octanol–water partition coefficient (Wildman–Crippen LogP) is 12.7. The summed E-state index contributed by atoms with van der Waals surface area (Å²) in [5.74, 6) is 2.87. The van der Waals surface area contributed by atoms with Gasteiger partial charge in [-0.3, -0.25) is 9.59 Å². The van der Waals surface area contributed by atoms with Gasteiger partial charge in [0.15, 0.2) is 5.69 Å². The van der Waals surface area contributed by atoms with Gasteiger partial charge < -0.3 is 25.2 Å². The molecule has 5 fully saturated rings. The molecule has 1 aromatic heterocycles. The fraction of sp³-hybridized carbons (Fsp3) is 0.719. The van der Waals surface area contributed by atoms with Crippen LogP contribution in [0.15, 0.2) is 53.8 Å². The predicted molar refractivity (Wildman–Crippen MR) is 264 cm³/mol. The van der Waals surface area contributed by atoms with Crippen LogP contribution in [0.2, 0.25) is 0 Å². The number of allylic oxidation sites excluding steroid dienone is 2. The maximum Gasteiger partial charge on any atom is 0.407 e. The molecule has 1 heterocycles. The van der Waals surface area contributed by atoms with Crippen LogP contribution >= 0.6 is 0 Å². The molecule has 9 nitrogen and oxygen atoms in total. The first kappa shape index (κ1) is 50.2. The van der Waals surface area contributed by atoms with Crippen molar-refractivity contribution in [2.45, 2.75) is 191 Å². The summed E-state index contributed by atoms with van der Waals surface area (Å²) in [6, 6.07) is 10.2. The number of rotatable bonds is 18. The maximum atomic E-state index is 13.3. The number of aryl methyl sites for hydroxylation is 2. The first-order valence-corrected chi connectivity index (χ1v) is 26.1. The van der Waals surface area contributed by atoms with E-state index in [1.54, 1.807) is 13.8 Å². The highest BCUT2D eigenvalue weighted by molar-refractivity contribution is 6.07. The number of pyridine rings is 1. The summed E-state index contributed by atoms with van der Waals surface area (Å²) < 4.78 is 13.5. The van der Waals surface area contributed by atoms with Crippen LogP contribution in [0.4, 0.5) is 10.5 Å². The number of carbonyl (C=O) groups is 3. The van der Waals surface area contributed by atoms with Crippen molar-refractivity contribution in [3.8, 4) is 0 Å². The number of amides is 2. The van der Waals surface area contributed by atoms with E-state index in [4.69, 9.17) is 9.47 Å². The van der Waals surface area contributed by atoms with E-state index in [1.165, 1.54) is 63.4 Å². The van der Waals surface area contributed by atoms with Gasteiger partial charge in [-0.1, -0.05) is 91.0 Å². The van der Waals surface area contributed by atoms with Crippen LogP contribution in [-0.4, -0.2) is 42.8 Å². The van der Waals surface area contributed by atoms with Crippen LogP contribution in [0.5, 0.6) is 0 Å². The summed E-state index contributed by atoms with van der Waals surface area (Å²) in [6.07, 6.45) is 20.4. The number of aliphatic hydroxyl groups excluding tert-OH is 1. The van der Waals surface area contributed by atoms with Gasteiger partial charge in [0.05, 0.1) is 29.4 Å². The number of benzene rings is 1. The number of unbranched alkanes of at least 4 members (excludes halogenated alkanes) is 7. The molecule has 0 radical (unpaired) electrons. The zero-order chi connectivity index (χ0) is 47.7. The van der Waals surface area contributed by atoms with Gasteiger partial charge >= 0.3 is 6.09 Å². The van der Waals surface area contributed by atoms with Gasteiger partial charge in [-0.05, 0) is 155 Å². The highest BCUT2D eigenvalue weighted by Crippen LogP contribution is 2.77. The molecule has 0 bridgehead atoms. The van der Waals surface area contributed by atoms with Crippen molar-refractivity contribution in [3.63, 3.8) is 0 Å². The topological polar surface area (TPSA) is 118 Å². The maximum absolute atomic E-state index is 13.3. The van der Waals surface area contributed by atoms with Crippen LogP contribution in [0.25, 0.3) is 10.9 Å². The van der Waals surface area contributed by atoms with E-state index < -0.39 is 0 Å². The lowest BCUT2D eigenvalue weighted by molar-refractivity contribution is -0.677. The van der Waals surface area contributed by atoms with Crippen molar-refractivity contribution in [1.82, 2.24) is 5.32 Å². The lowest BCUT2D eigenvalue weighted by atomic mass is 9.32. The molecule has 2 aromatic rings. The average molecular weight is 909 g/mol. The van der Waals surface area contributed by atoms with Crippen LogP contribution in [0, 0.1) is 63.6 Å². The highest BCUT2D eigenvalue weighted by atomic mass is 16.5. The zero-order valence-electron chi connectivity index (χ0n) is 42.4. The molecule has 10 atom stereocenters. The third kappa shape index (κ3) is 9.26. The van der Waals surface area contributed by atoms with Crippen LogP contribution in [0.3, 0.4) is 0 Å².